The molecule has 1 N–H and O–H groups in total. The molecule has 1 aromatic heterocycles. The molecule has 0 bridgehead atoms. The van der Waals surface area contributed by atoms with Crippen LogP contribution in [0.4, 0.5) is 5.82 Å². The van der Waals surface area contributed by atoms with Crippen LogP contribution in [0.3, 0.4) is 0 Å². The Morgan fingerprint density at radius 2 is 2.22 bits per heavy atom. The van der Waals surface area contributed by atoms with Crippen LogP contribution in [-0.4, -0.2) is 33.8 Å². The molecular weight excluding hydrogens is 252 g/mol. The van der Waals surface area contributed by atoms with Crippen molar-refractivity contribution in [3.05, 3.63) is 17.0 Å². The predicted octanol–water partition coefficient (Wildman–Crippen LogP) is 1.47. The van der Waals surface area contributed by atoms with Gasteiger partial charge in [0.1, 0.15) is 22.4 Å². The molecule has 1 aliphatic heterocycles. The Bertz CT molecular complexity index is 517. The third-order valence-corrected chi connectivity index (χ3v) is 3.54. The normalized spacial score (nSPS) is 21.3. The van der Waals surface area contributed by atoms with Crippen LogP contribution in [0.15, 0.2) is 6.07 Å². The molecule has 2 aliphatic rings. The van der Waals surface area contributed by atoms with E-state index < -0.39 is 5.60 Å². The summed E-state index contributed by atoms with van der Waals surface area (Å²) in [7, 11) is 0. The topological polar surface area (TPSA) is 73.0 Å². The van der Waals surface area contributed by atoms with E-state index in [-0.39, 0.29) is 6.42 Å². The fraction of sp³-hybridized carbons (Fsp3) is 0.583. The first-order chi connectivity index (χ1) is 8.59. The van der Waals surface area contributed by atoms with E-state index in [0.29, 0.717) is 24.2 Å². The van der Waals surface area contributed by atoms with Crippen molar-refractivity contribution in [2.75, 3.05) is 18.0 Å². The van der Waals surface area contributed by atoms with Crippen molar-refractivity contribution in [2.45, 2.75) is 30.8 Å². The fourth-order valence-electron chi connectivity index (χ4n) is 2.19. The van der Waals surface area contributed by atoms with E-state index in [0.717, 1.165) is 24.5 Å². The highest BCUT2D eigenvalue weighted by Gasteiger charge is 2.42. The molecule has 1 saturated heterocycles. The maximum Gasteiger partial charge on any atom is 0.135 e. The molecule has 0 unspecified atom stereocenters. The van der Waals surface area contributed by atoms with Crippen molar-refractivity contribution < 1.29 is 5.11 Å². The largest absolute Gasteiger partial charge is 0.385 e. The maximum atomic E-state index is 9.96. The van der Waals surface area contributed by atoms with Crippen molar-refractivity contribution in [2.24, 2.45) is 0 Å². The highest BCUT2D eigenvalue weighted by atomic mass is 35.5. The second-order valence-corrected chi connectivity index (χ2v) is 5.48. The number of nitriles is 1. The molecule has 0 aromatic carbocycles. The van der Waals surface area contributed by atoms with Crippen LogP contribution in [0.5, 0.6) is 0 Å². The summed E-state index contributed by atoms with van der Waals surface area (Å²) in [5.41, 5.74) is -0.897. The van der Waals surface area contributed by atoms with Gasteiger partial charge >= 0.3 is 0 Å². The Morgan fingerprint density at radius 1 is 1.50 bits per heavy atom. The lowest BCUT2D eigenvalue weighted by atomic mass is 9.91. The Labute approximate surface area is 110 Å². The summed E-state index contributed by atoms with van der Waals surface area (Å²) in [5.74, 6) is 1.99. The second-order valence-electron chi connectivity index (χ2n) is 5.10. The minimum Gasteiger partial charge on any atom is -0.385 e. The van der Waals surface area contributed by atoms with Crippen molar-refractivity contribution in [3.8, 4) is 6.07 Å². The number of nitrogens with zero attached hydrogens (tertiary/aromatic N) is 4. The molecule has 1 aliphatic carbocycles. The van der Waals surface area contributed by atoms with Crippen molar-refractivity contribution in [1.29, 1.82) is 5.26 Å². The molecule has 2 fully saturated rings. The highest BCUT2D eigenvalue weighted by molar-refractivity contribution is 6.29. The minimum atomic E-state index is -0.897. The lowest BCUT2D eigenvalue weighted by Gasteiger charge is -2.46. The van der Waals surface area contributed by atoms with Crippen LogP contribution >= 0.6 is 11.6 Å². The number of hydrogen-bond donors (Lipinski definition) is 1. The number of hydrogen-bond acceptors (Lipinski definition) is 5. The van der Waals surface area contributed by atoms with Gasteiger partial charge in [0.2, 0.25) is 0 Å². The quantitative estimate of drug-likeness (QED) is 0.837. The van der Waals surface area contributed by atoms with Gasteiger partial charge in [0.25, 0.3) is 0 Å². The van der Waals surface area contributed by atoms with E-state index in [1.165, 1.54) is 0 Å². The third kappa shape index (κ3) is 2.14. The van der Waals surface area contributed by atoms with Crippen LogP contribution in [0.2, 0.25) is 5.15 Å². The van der Waals surface area contributed by atoms with E-state index in [2.05, 4.69) is 9.97 Å². The fourth-order valence-corrected chi connectivity index (χ4v) is 2.38. The summed E-state index contributed by atoms with van der Waals surface area (Å²) >= 11 is 5.99. The molecule has 3 rings (SSSR count). The number of anilines is 1. The number of aromatic nitrogens is 2. The van der Waals surface area contributed by atoms with Crippen molar-refractivity contribution in [1.82, 2.24) is 9.97 Å². The SMILES string of the molecule is N#CCC1(O)CN(c2cc(Cl)nc(C3CC3)n2)C1. The van der Waals surface area contributed by atoms with Gasteiger partial charge in [-0.15, -0.1) is 0 Å². The van der Waals surface area contributed by atoms with Gasteiger partial charge in [-0.3, -0.25) is 0 Å². The lowest BCUT2D eigenvalue weighted by molar-refractivity contribution is 0.0161. The molecule has 1 saturated carbocycles. The number of aliphatic hydroxyl groups is 1. The van der Waals surface area contributed by atoms with Crippen molar-refractivity contribution in [3.63, 3.8) is 0 Å². The average Bonchev–Trinajstić information content (AvgIpc) is 3.08. The summed E-state index contributed by atoms with van der Waals surface area (Å²) in [6.45, 7) is 0.857. The molecule has 5 nitrogen and oxygen atoms in total. The summed E-state index contributed by atoms with van der Waals surface area (Å²) in [5, 5.41) is 19.0. The Hall–Kier alpha value is -1.38. The molecule has 6 heteroatoms. The molecule has 94 valence electrons. The van der Waals surface area contributed by atoms with Gasteiger partial charge < -0.3 is 10.0 Å². The van der Waals surface area contributed by atoms with Gasteiger partial charge in [-0.2, -0.15) is 5.26 Å². The molecule has 0 radical (unpaired) electrons. The molecule has 2 heterocycles. The predicted molar refractivity (Wildman–Crippen MR) is 66.4 cm³/mol. The van der Waals surface area contributed by atoms with Crippen LogP contribution in [-0.2, 0) is 0 Å². The maximum absolute atomic E-state index is 9.96. The zero-order valence-electron chi connectivity index (χ0n) is 9.80. The first-order valence-electron chi connectivity index (χ1n) is 5.98. The van der Waals surface area contributed by atoms with Gasteiger partial charge in [-0.1, -0.05) is 11.6 Å². The molecule has 0 amide bonds. The third-order valence-electron chi connectivity index (χ3n) is 3.34. The summed E-state index contributed by atoms with van der Waals surface area (Å²) in [4.78, 5) is 10.6. The van der Waals surface area contributed by atoms with E-state index in [4.69, 9.17) is 16.9 Å². The first-order valence-corrected chi connectivity index (χ1v) is 6.36. The smallest absolute Gasteiger partial charge is 0.135 e. The van der Waals surface area contributed by atoms with Crippen LogP contribution in [0, 0.1) is 11.3 Å². The molecular formula is C12H13ClN4O. The molecule has 18 heavy (non-hydrogen) atoms. The van der Waals surface area contributed by atoms with E-state index in [9.17, 15) is 5.11 Å². The van der Waals surface area contributed by atoms with E-state index >= 15 is 0 Å². The summed E-state index contributed by atoms with van der Waals surface area (Å²) in [6.07, 6.45) is 2.40. The lowest BCUT2D eigenvalue weighted by Crippen LogP contribution is -2.62. The van der Waals surface area contributed by atoms with Crippen LogP contribution < -0.4 is 4.90 Å². The average molecular weight is 265 g/mol. The zero-order valence-corrected chi connectivity index (χ0v) is 10.6. The van der Waals surface area contributed by atoms with Crippen LogP contribution in [0.1, 0.15) is 31.0 Å². The second kappa shape index (κ2) is 4.08. The van der Waals surface area contributed by atoms with E-state index in [1.54, 1.807) is 6.07 Å². The molecule has 0 spiro atoms. The van der Waals surface area contributed by atoms with Crippen LogP contribution in [0.25, 0.3) is 0 Å². The molecule has 1 aromatic rings. The number of β-amino-alcohol motifs (C(OH)–C–C–N with tert-alkyl or cyclic N) is 1. The highest BCUT2D eigenvalue weighted by Crippen LogP contribution is 2.39. The Balaban J connectivity index is 1.76. The zero-order chi connectivity index (χ0) is 12.8. The Morgan fingerprint density at radius 3 is 2.83 bits per heavy atom. The standard InChI is InChI=1S/C12H13ClN4O/c13-9-5-10(16-11(15-9)8-1-2-8)17-6-12(18,7-17)3-4-14/h5,8,18H,1-3,6-7H2. The number of rotatable bonds is 3. The van der Waals surface area contributed by atoms with Gasteiger partial charge in [-0.05, 0) is 12.8 Å². The Kier molecular flexibility index (Phi) is 2.65. The van der Waals surface area contributed by atoms with Gasteiger partial charge in [0.05, 0.1) is 25.6 Å². The summed E-state index contributed by atoms with van der Waals surface area (Å²) < 4.78 is 0. The van der Waals surface area contributed by atoms with Gasteiger partial charge in [0.15, 0.2) is 0 Å². The molecule has 0 atom stereocenters. The van der Waals surface area contributed by atoms with Gasteiger partial charge in [-0.25, -0.2) is 9.97 Å². The number of halogens is 1. The van der Waals surface area contributed by atoms with Gasteiger partial charge in [0, 0.05) is 12.0 Å². The van der Waals surface area contributed by atoms with Crippen molar-refractivity contribution >= 4 is 17.4 Å². The monoisotopic (exact) mass is 264 g/mol. The van der Waals surface area contributed by atoms with E-state index in [1.807, 2.05) is 11.0 Å². The summed E-state index contributed by atoms with van der Waals surface area (Å²) in [6, 6.07) is 3.71. The first kappa shape index (κ1) is 11.7. The minimum absolute atomic E-state index is 0.151.